The van der Waals surface area contributed by atoms with Crippen LogP contribution < -0.4 is 9.47 Å². The van der Waals surface area contributed by atoms with Crippen molar-refractivity contribution in [2.75, 3.05) is 14.2 Å². The van der Waals surface area contributed by atoms with Crippen molar-refractivity contribution in [2.24, 2.45) is 0 Å². The van der Waals surface area contributed by atoms with Gasteiger partial charge in [0, 0.05) is 17.2 Å². The molecule has 0 aliphatic rings. The first kappa shape index (κ1) is 17.7. The molecule has 0 radical (unpaired) electrons. The summed E-state index contributed by atoms with van der Waals surface area (Å²) in [5, 5.41) is 0. The quantitative estimate of drug-likeness (QED) is 0.501. The molecule has 0 aliphatic heterocycles. The van der Waals surface area contributed by atoms with Gasteiger partial charge in [0.15, 0.2) is 17.5 Å². The Bertz CT molecular complexity index is 1030. The number of aromatic nitrogens is 3. The number of rotatable bonds is 5. The maximum Gasteiger partial charge on any atom is 0.167 e. The highest BCUT2D eigenvalue weighted by atomic mass is 16.5. The third-order valence-corrected chi connectivity index (χ3v) is 4.35. The third-order valence-electron chi connectivity index (χ3n) is 4.35. The smallest absolute Gasteiger partial charge is 0.167 e. The molecule has 0 N–H and O–H groups in total. The van der Waals surface area contributed by atoms with E-state index in [1.807, 2.05) is 78.9 Å². The number of hydrogen-bond acceptors (Lipinski definition) is 5. The van der Waals surface area contributed by atoms with Crippen LogP contribution in [0, 0.1) is 0 Å². The first-order valence-electron chi connectivity index (χ1n) is 8.88. The molecular formula is C23H19N3O2. The van der Waals surface area contributed by atoms with Crippen LogP contribution in [0.3, 0.4) is 0 Å². The zero-order chi connectivity index (χ0) is 19.3. The van der Waals surface area contributed by atoms with Crippen LogP contribution in [0.1, 0.15) is 0 Å². The fourth-order valence-corrected chi connectivity index (χ4v) is 2.91. The van der Waals surface area contributed by atoms with E-state index in [0.717, 1.165) is 16.7 Å². The van der Waals surface area contributed by atoms with Crippen molar-refractivity contribution in [3.05, 3.63) is 78.9 Å². The summed E-state index contributed by atoms with van der Waals surface area (Å²) in [7, 11) is 3.24. The summed E-state index contributed by atoms with van der Waals surface area (Å²) in [5.74, 6) is 3.13. The van der Waals surface area contributed by atoms with Crippen molar-refractivity contribution in [3.63, 3.8) is 0 Å². The average molecular weight is 369 g/mol. The third kappa shape index (κ3) is 3.55. The molecule has 0 fully saturated rings. The predicted octanol–water partition coefficient (Wildman–Crippen LogP) is 4.89. The Hall–Kier alpha value is -3.73. The van der Waals surface area contributed by atoms with Gasteiger partial charge >= 0.3 is 0 Å². The van der Waals surface area contributed by atoms with Crippen LogP contribution in [0.25, 0.3) is 34.2 Å². The Balaban J connectivity index is 1.92. The summed E-state index contributed by atoms with van der Waals surface area (Å²) in [4.78, 5) is 14.1. The molecule has 0 saturated heterocycles. The number of benzene rings is 3. The van der Waals surface area contributed by atoms with E-state index in [1.54, 1.807) is 14.2 Å². The van der Waals surface area contributed by atoms with Gasteiger partial charge in [0.2, 0.25) is 0 Å². The molecule has 5 heteroatoms. The van der Waals surface area contributed by atoms with Crippen LogP contribution in [-0.4, -0.2) is 29.2 Å². The SMILES string of the molecule is COc1ccc(-c2nc(-c3ccccc3)nc(-c3ccccc3)n2)c(OC)c1. The largest absolute Gasteiger partial charge is 0.497 e. The van der Waals surface area contributed by atoms with Gasteiger partial charge in [-0.05, 0) is 12.1 Å². The first-order chi connectivity index (χ1) is 13.8. The predicted molar refractivity (Wildman–Crippen MR) is 109 cm³/mol. The van der Waals surface area contributed by atoms with Crippen molar-refractivity contribution in [1.82, 2.24) is 15.0 Å². The fraction of sp³-hybridized carbons (Fsp3) is 0.0870. The van der Waals surface area contributed by atoms with Crippen LogP contribution in [0.4, 0.5) is 0 Å². The highest BCUT2D eigenvalue weighted by Gasteiger charge is 2.15. The van der Waals surface area contributed by atoms with E-state index in [-0.39, 0.29) is 0 Å². The van der Waals surface area contributed by atoms with Gasteiger partial charge in [0.1, 0.15) is 11.5 Å². The lowest BCUT2D eigenvalue weighted by molar-refractivity contribution is 0.395. The van der Waals surface area contributed by atoms with E-state index in [4.69, 9.17) is 24.4 Å². The lowest BCUT2D eigenvalue weighted by Crippen LogP contribution is -2.01. The minimum atomic E-state index is 0.548. The molecule has 0 spiro atoms. The van der Waals surface area contributed by atoms with Gasteiger partial charge in [-0.3, -0.25) is 0 Å². The summed E-state index contributed by atoms with van der Waals surface area (Å²) < 4.78 is 10.9. The van der Waals surface area contributed by atoms with E-state index >= 15 is 0 Å². The van der Waals surface area contributed by atoms with Gasteiger partial charge in [-0.1, -0.05) is 60.7 Å². The minimum absolute atomic E-state index is 0.548. The number of nitrogens with zero attached hydrogens (tertiary/aromatic N) is 3. The summed E-state index contributed by atoms with van der Waals surface area (Å²) >= 11 is 0. The second-order valence-electron chi connectivity index (χ2n) is 6.10. The molecule has 0 saturated carbocycles. The summed E-state index contributed by atoms with van der Waals surface area (Å²) in [5.41, 5.74) is 2.63. The number of methoxy groups -OCH3 is 2. The molecule has 0 unspecified atom stereocenters. The number of ether oxygens (including phenoxy) is 2. The molecule has 0 aliphatic carbocycles. The zero-order valence-corrected chi connectivity index (χ0v) is 15.7. The van der Waals surface area contributed by atoms with Crippen LogP contribution in [-0.2, 0) is 0 Å². The van der Waals surface area contributed by atoms with Crippen molar-refractivity contribution >= 4 is 0 Å². The van der Waals surface area contributed by atoms with Gasteiger partial charge in [0.25, 0.3) is 0 Å². The zero-order valence-electron chi connectivity index (χ0n) is 15.7. The molecule has 0 amide bonds. The topological polar surface area (TPSA) is 57.1 Å². The van der Waals surface area contributed by atoms with Gasteiger partial charge in [-0.25, -0.2) is 15.0 Å². The van der Waals surface area contributed by atoms with E-state index in [0.29, 0.717) is 29.0 Å². The molecule has 3 aromatic carbocycles. The second kappa shape index (κ2) is 7.88. The summed E-state index contributed by atoms with van der Waals surface area (Å²) in [6.07, 6.45) is 0. The van der Waals surface area contributed by atoms with Crippen molar-refractivity contribution in [3.8, 4) is 45.7 Å². The lowest BCUT2D eigenvalue weighted by Gasteiger charge is -2.12. The highest BCUT2D eigenvalue weighted by molar-refractivity contribution is 5.70. The van der Waals surface area contributed by atoms with E-state index < -0.39 is 0 Å². The van der Waals surface area contributed by atoms with Gasteiger partial charge in [-0.15, -0.1) is 0 Å². The van der Waals surface area contributed by atoms with Gasteiger partial charge in [-0.2, -0.15) is 0 Å². The molecular weight excluding hydrogens is 350 g/mol. The fourth-order valence-electron chi connectivity index (χ4n) is 2.91. The Kier molecular flexibility index (Phi) is 4.97. The maximum atomic E-state index is 5.55. The molecule has 0 bridgehead atoms. The monoisotopic (exact) mass is 369 g/mol. The molecule has 138 valence electrons. The highest BCUT2D eigenvalue weighted by Crippen LogP contribution is 2.33. The standard InChI is InChI=1S/C23H19N3O2/c1-27-18-13-14-19(20(15-18)28-2)23-25-21(16-9-5-3-6-10-16)24-22(26-23)17-11-7-4-8-12-17/h3-15H,1-2H3. The minimum Gasteiger partial charge on any atom is -0.497 e. The van der Waals surface area contributed by atoms with Crippen LogP contribution in [0.15, 0.2) is 78.9 Å². The Labute approximate surface area is 163 Å². The summed E-state index contributed by atoms with van der Waals surface area (Å²) in [6.45, 7) is 0. The first-order valence-corrected chi connectivity index (χ1v) is 8.88. The average Bonchev–Trinajstić information content (AvgIpc) is 2.79. The van der Waals surface area contributed by atoms with E-state index in [1.165, 1.54) is 0 Å². The maximum absolute atomic E-state index is 5.55. The number of hydrogen-bond donors (Lipinski definition) is 0. The molecule has 4 rings (SSSR count). The lowest BCUT2D eigenvalue weighted by atomic mass is 10.1. The molecule has 4 aromatic rings. The van der Waals surface area contributed by atoms with Crippen LogP contribution in [0.5, 0.6) is 11.5 Å². The Morgan fingerprint density at radius 1 is 0.571 bits per heavy atom. The Morgan fingerprint density at radius 2 is 1.11 bits per heavy atom. The van der Waals surface area contributed by atoms with E-state index in [2.05, 4.69) is 0 Å². The van der Waals surface area contributed by atoms with Crippen molar-refractivity contribution in [2.45, 2.75) is 0 Å². The van der Waals surface area contributed by atoms with Gasteiger partial charge in [0.05, 0.1) is 19.8 Å². The van der Waals surface area contributed by atoms with Crippen molar-refractivity contribution < 1.29 is 9.47 Å². The molecule has 1 aromatic heterocycles. The van der Waals surface area contributed by atoms with Crippen molar-refractivity contribution in [1.29, 1.82) is 0 Å². The second-order valence-corrected chi connectivity index (χ2v) is 6.10. The van der Waals surface area contributed by atoms with E-state index in [9.17, 15) is 0 Å². The molecule has 5 nitrogen and oxygen atoms in total. The Morgan fingerprint density at radius 3 is 1.61 bits per heavy atom. The summed E-state index contributed by atoms with van der Waals surface area (Å²) in [6, 6.07) is 25.3. The molecule has 0 atom stereocenters. The van der Waals surface area contributed by atoms with Gasteiger partial charge < -0.3 is 9.47 Å². The van der Waals surface area contributed by atoms with Crippen LogP contribution >= 0.6 is 0 Å². The molecule has 1 heterocycles. The van der Waals surface area contributed by atoms with Crippen LogP contribution in [0.2, 0.25) is 0 Å². The normalized spacial score (nSPS) is 10.5. The molecule has 28 heavy (non-hydrogen) atoms.